The van der Waals surface area contributed by atoms with Crippen LogP contribution in [0.3, 0.4) is 0 Å². The first-order chi connectivity index (χ1) is 11.5. The molecule has 0 spiro atoms. The van der Waals surface area contributed by atoms with Crippen molar-refractivity contribution in [2.75, 3.05) is 0 Å². The van der Waals surface area contributed by atoms with E-state index in [0.717, 1.165) is 22.4 Å². The Morgan fingerprint density at radius 1 is 1.25 bits per heavy atom. The number of fused-ring (bicyclic) bond motifs is 1. The molecule has 0 radical (unpaired) electrons. The van der Waals surface area contributed by atoms with Crippen LogP contribution in [0.4, 0.5) is 0 Å². The lowest BCUT2D eigenvalue weighted by Gasteiger charge is -2.18. The molecule has 2 aromatic carbocycles. The topological polar surface area (TPSA) is 58.6 Å². The van der Waals surface area contributed by atoms with Crippen LogP contribution in [0.25, 0.3) is 0 Å². The number of rotatable bonds is 5. The number of benzene rings is 2. The number of nitrogens with one attached hydrogen (secondary N) is 1. The highest BCUT2D eigenvalue weighted by Crippen LogP contribution is 2.31. The molecule has 0 saturated heterocycles. The molecule has 4 heteroatoms. The van der Waals surface area contributed by atoms with E-state index in [2.05, 4.69) is 5.32 Å². The van der Waals surface area contributed by atoms with Gasteiger partial charge in [0.2, 0.25) is 5.91 Å². The number of ether oxygens (including phenoxy) is 1. The summed E-state index contributed by atoms with van der Waals surface area (Å²) in [6, 6.07) is 15.1. The Morgan fingerprint density at radius 3 is 2.83 bits per heavy atom. The molecule has 2 N–H and O–H groups in total. The molecule has 0 bridgehead atoms. The Kier molecular flexibility index (Phi) is 4.86. The average molecular weight is 325 g/mol. The largest absolute Gasteiger partial charge is 0.491 e. The van der Waals surface area contributed by atoms with Crippen LogP contribution in [-0.2, 0) is 17.6 Å². The highest BCUT2D eigenvalue weighted by atomic mass is 16.5. The lowest BCUT2D eigenvalue weighted by molar-refractivity contribution is -0.121. The first kappa shape index (κ1) is 16.5. The highest BCUT2D eigenvalue weighted by molar-refractivity contribution is 5.79. The molecule has 2 aromatic rings. The van der Waals surface area contributed by atoms with Gasteiger partial charge >= 0.3 is 0 Å². The number of amides is 1. The molecule has 0 heterocycles. The van der Waals surface area contributed by atoms with Crippen molar-refractivity contribution < 1.29 is 14.6 Å². The van der Waals surface area contributed by atoms with Gasteiger partial charge in [0.15, 0.2) is 0 Å². The Morgan fingerprint density at radius 2 is 2.04 bits per heavy atom. The van der Waals surface area contributed by atoms with Gasteiger partial charge in [0.05, 0.1) is 24.7 Å². The summed E-state index contributed by atoms with van der Waals surface area (Å²) in [7, 11) is 0. The molecular formula is C20H23NO3. The highest BCUT2D eigenvalue weighted by Gasteiger charge is 2.31. The smallest absolute Gasteiger partial charge is 0.224 e. The molecule has 1 aliphatic rings. The third-order valence-electron chi connectivity index (χ3n) is 4.16. The third-order valence-corrected chi connectivity index (χ3v) is 4.16. The normalized spacial score (nSPS) is 19.2. The minimum Gasteiger partial charge on any atom is -0.491 e. The molecule has 1 amide bonds. The molecule has 1 aliphatic carbocycles. The average Bonchev–Trinajstić information content (AvgIpc) is 2.83. The Bertz CT molecular complexity index is 726. The Labute approximate surface area is 142 Å². The van der Waals surface area contributed by atoms with Gasteiger partial charge in [-0.2, -0.15) is 0 Å². The maximum Gasteiger partial charge on any atom is 0.224 e. The van der Waals surface area contributed by atoms with Gasteiger partial charge in [0, 0.05) is 6.42 Å². The predicted octanol–water partition coefficient (Wildman–Crippen LogP) is 2.79. The summed E-state index contributed by atoms with van der Waals surface area (Å²) < 4.78 is 5.66. The molecule has 2 atom stereocenters. The van der Waals surface area contributed by atoms with Crippen LogP contribution < -0.4 is 10.1 Å². The fourth-order valence-electron chi connectivity index (χ4n) is 3.16. The fourth-order valence-corrected chi connectivity index (χ4v) is 3.16. The second-order valence-corrected chi connectivity index (χ2v) is 6.51. The summed E-state index contributed by atoms with van der Waals surface area (Å²) in [5.74, 6) is 0.666. The molecular weight excluding hydrogens is 302 g/mol. The van der Waals surface area contributed by atoms with Gasteiger partial charge in [-0.05, 0) is 42.7 Å². The lowest BCUT2D eigenvalue weighted by Crippen LogP contribution is -2.34. The van der Waals surface area contributed by atoms with Gasteiger partial charge in [-0.25, -0.2) is 0 Å². The van der Waals surface area contributed by atoms with Crippen molar-refractivity contribution in [3.8, 4) is 5.75 Å². The Balaban J connectivity index is 1.66. The maximum atomic E-state index is 12.4. The van der Waals surface area contributed by atoms with Gasteiger partial charge in [-0.1, -0.05) is 36.4 Å². The van der Waals surface area contributed by atoms with Crippen molar-refractivity contribution in [3.63, 3.8) is 0 Å². The molecule has 4 nitrogen and oxygen atoms in total. The van der Waals surface area contributed by atoms with E-state index in [-0.39, 0.29) is 24.5 Å². The standard InChI is InChI=1S/C20H23NO3/c1-13(2)24-16-8-5-6-14(10-16)11-19(23)21-20-17-9-4-3-7-15(17)12-18(20)22/h3-10,13,18,20,22H,11-12H2,1-2H3,(H,21,23). The van der Waals surface area contributed by atoms with E-state index >= 15 is 0 Å². The van der Waals surface area contributed by atoms with Crippen molar-refractivity contribution >= 4 is 5.91 Å². The summed E-state index contributed by atoms with van der Waals surface area (Å²) in [4.78, 5) is 12.4. The van der Waals surface area contributed by atoms with E-state index in [1.807, 2.05) is 62.4 Å². The van der Waals surface area contributed by atoms with Gasteiger partial charge in [-0.15, -0.1) is 0 Å². The first-order valence-corrected chi connectivity index (χ1v) is 8.34. The quantitative estimate of drug-likeness (QED) is 0.889. The van der Waals surface area contributed by atoms with Crippen molar-refractivity contribution in [2.24, 2.45) is 0 Å². The van der Waals surface area contributed by atoms with Gasteiger partial charge in [0.1, 0.15) is 5.75 Å². The number of aliphatic hydroxyl groups excluding tert-OH is 1. The SMILES string of the molecule is CC(C)Oc1cccc(CC(=O)NC2c3ccccc3CC2O)c1. The molecule has 126 valence electrons. The zero-order chi connectivity index (χ0) is 17.1. The van der Waals surface area contributed by atoms with Crippen LogP contribution in [0.2, 0.25) is 0 Å². The predicted molar refractivity (Wildman–Crippen MR) is 92.9 cm³/mol. The molecule has 24 heavy (non-hydrogen) atoms. The number of carbonyl (C=O) groups is 1. The lowest BCUT2D eigenvalue weighted by atomic mass is 10.1. The molecule has 3 rings (SSSR count). The molecule has 0 aromatic heterocycles. The number of hydrogen-bond donors (Lipinski definition) is 2. The summed E-state index contributed by atoms with van der Waals surface area (Å²) in [5, 5.41) is 13.2. The van der Waals surface area contributed by atoms with Crippen LogP contribution >= 0.6 is 0 Å². The van der Waals surface area contributed by atoms with E-state index in [9.17, 15) is 9.90 Å². The zero-order valence-electron chi connectivity index (χ0n) is 14.0. The molecule has 0 saturated carbocycles. The number of aliphatic hydroxyl groups is 1. The van der Waals surface area contributed by atoms with Crippen molar-refractivity contribution in [1.29, 1.82) is 0 Å². The molecule has 2 unspecified atom stereocenters. The van der Waals surface area contributed by atoms with Gasteiger partial charge in [-0.3, -0.25) is 4.79 Å². The van der Waals surface area contributed by atoms with Crippen molar-refractivity contribution in [3.05, 3.63) is 65.2 Å². The van der Waals surface area contributed by atoms with Crippen molar-refractivity contribution in [1.82, 2.24) is 5.32 Å². The van der Waals surface area contributed by atoms with E-state index < -0.39 is 6.10 Å². The van der Waals surface area contributed by atoms with Crippen LogP contribution in [0, 0.1) is 0 Å². The first-order valence-electron chi connectivity index (χ1n) is 8.34. The number of hydrogen-bond acceptors (Lipinski definition) is 3. The third kappa shape index (κ3) is 3.77. The second kappa shape index (κ2) is 7.05. The Hall–Kier alpha value is -2.33. The molecule has 0 fully saturated rings. The fraction of sp³-hybridized carbons (Fsp3) is 0.350. The minimum absolute atomic E-state index is 0.0965. The maximum absolute atomic E-state index is 12.4. The minimum atomic E-state index is -0.568. The van der Waals surface area contributed by atoms with Crippen LogP contribution in [0.15, 0.2) is 48.5 Å². The van der Waals surface area contributed by atoms with Gasteiger partial charge in [0.25, 0.3) is 0 Å². The van der Waals surface area contributed by atoms with Gasteiger partial charge < -0.3 is 15.2 Å². The van der Waals surface area contributed by atoms with E-state index in [1.165, 1.54) is 0 Å². The van der Waals surface area contributed by atoms with E-state index in [4.69, 9.17) is 4.74 Å². The summed E-state index contributed by atoms with van der Waals surface area (Å²) in [5.41, 5.74) is 3.00. The second-order valence-electron chi connectivity index (χ2n) is 6.51. The van der Waals surface area contributed by atoms with E-state index in [1.54, 1.807) is 0 Å². The van der Waals surface area contributed by atoms with E-state index in [0.29, 0.717) is 6.42 Å². The summed E-state index contributed by atoms with van der Waals surface area (Å²) >= 11 is 0. The van der Waals surface area contributed by atoms with Crippen LogP contribution in [0.1, 0.15) is 36.6 Å². The number of carbonyl (C=O) groups excluding carboxylic acids is 1. The monoisotopic (exact) mass is 325 g/mol. The zero-order valence-corrected chi connectivity index (χ0v) is 14.0. The molecule has 0 aliphatic heterocycles. The summed E-state index contributed by atoms with van der Waals surface area (Å²) in [6.45, 7) is 3.94. The van der Waals surface area contributed by atoms with Crippen LogP contribution in [0.5, 0.6) is 5.75 Å². The van der Waals surface area contributed by atoms with Crippen LogP contribution in [-0.4, -0.2) is 23.2 Å². The summed E-state index contributed by atoms with van der Waals surface area (Å²) in [6.07, 6.45) is 0.376. The van der Waals surface area contributed by atoms with Crippen molar-refractivity contribution in [2.45, 2.75) is 44.9 Å².